The lowest BCUT2D eigenvalue weighted by Crippen LogP contribution is -2.64. The zero-order valence-electron chi connectivity index (χ0n) is 20.9. The van der Waals surface area contributed by atoms with Crippen molar-refractivity contribution < 1.29 is 35.9 Å². The molecule has 4 fully saturated rings. The van der Waals surface area contributed by atoms with Crippen LogP contribution in [0, 0.1) is 34.5 Å². The number of alkyl halides is 6. The minimum Gasteiger partial charge on any atom is -0.353 e. The molecule has 3 saturated carbocycles. The van der Waals surface area contributed by atoms with E-state index in [9.17, 15) is 35.9 Å². The lowest BCUT2D eigenvalue weighted by Gasteiger charge is -2.61. The number of benzene rings is 1. The molecule has 10 heteroatoms. The molecule has 2 amide bonds. The third-order valence-electron chi connectivity index (χ3n) is 10.2. The number of fused-ring (bicyclic) bond motifs is 5. The molecule has 4 nitrogen and oxygen atoms in total. The summed E-state index contributed by atoms with van der Waals surface area (Å²) >= 11 is 0. The van der Waals surface area contributed by atoms with Crippen molar-refractivity contribution in [3.63, 3.8) is 0 Å². The summed E-state index contributed by atoms with van der Waals surface area (Å²) in [5.74, 6) is -1.31. The Balaban J connectivity index is 1.53. The van der Waals surface area contributed by atoms with Gasteiger partial charge in [0, 0.05) is 18.4 Å². The maximum atomic E-state index is 13.7. The van der Waals surface area contributed by atoms with E-state index in [1.807, 2.05) is 0 Å². The predicted molar refractivity (Wildman–Crippen MR) is 124 cm³/mol. The molecular formula is C27H32F6N2O2. The van der Waals surface area contributed by atoms with E-state index in [0.29, 0.717) is 31.0 Å². The second kappa shape index (κ2) is 8.63. The molecule has 0 bridgehead atoms. The van der Waals surface area contributed by atoms with Crippen molar-refractivity contribution in [3.05, 3.63) is 29.3 Å². The Morgan fingerprint density at radius 3 is 2.41 bits per heavy atom. The van der Waals surface area contributed by atoms with Gasteiger partial charge in [0.1, 0.15) is 0 Å². The number of carbonyl (C=O) groups is 2. The molecule has 0 radical (unpaired) electrons. The Hall–Kier alpha value is -2.26. The van der Waals surface area contributed by atoms with Gasteiger partial charge in [0.05, 0.1) is 16.8 Å². The van der Waals surface area contributed by atoms with Crippen LogP contribution in [0.15, 0.2) is 18.2 Å². The van der Waals surface area contributed by atoms with Crippen molar-refractivity contribution in [2.24, 2.45) is 34.5 Å². The fraction of sp³-hybridized carbons (Fsp3) is 0.704. The number of rotatable bonds is 2. The Morgan fingerprint density at radius 1 is 1.00 bits per heavy atom. The van der Waals surface area contributed by atoms with Crippen LogP contribution < -0.4 is 10.6 Å². The van der Waals surface area contributed by atoms with E-state index >= 15 is 0 Å². The zero-order chi connectivity index (χ0) is 27.0. The normalized spacial score (nSPS) is 37.7. The molecule has 1 aromatic carbocycles. The summed E-state index contributed by atoms with van der Waals surface area (Å²) in [6, 6.07) is 0.812. The van der Waals surface area contributed by atoms with Gasteiger partial charge < -0.3 is 10.6 Å². The fourth-order valence-electron chi connectivity index (χ4n) is 8.27. The first-order valence-corrected chi connectivity index (χ1v) is 13.0. The van der Waals surface area contributed by atoms with E-state index in [1.54, 1.807) is 0 Å². The summed E-state index contributed by atoms with van der Waals surface area (Å²) in [4.78, 5) is 26.0. The van der Waals surface area contributed by atoms with Gasteiger partial charge >= 0.3 is 12.4 Å². The minimum absolute atomic E-state index is 0.0359. The third kappa shape index (κ3) is 4.42. The third-order valence-corrected chi connectivity index (χ3v) is 10.2. The molecule has 4 aliphatic rings. The van der Waals surface area contributed by atoms with Gasteiger partial charge in [-0.2, -0.15) is 26.3 Å². The number of hydrogen-bond donors (Lipinski definition) is 2. The van der Waals surface area contributed by atoms with Crippen LogP contribution in [-0.4, -0.2) is 17.9 Å². The second-order valence-corrected chi connectivity index (χ2v) is 12.1. The molecule has 1 heterocycles. The molecule has 1 aliphatic heterocycles. The molecular weight excluding hydrogens is 498 g/mol. The van der Waals surface area contributed by atoms with Gasteiger partial charge in [-0.3, -0.25) is 9.59 Å². The molecule has 2 unspecified atom stereocenters. The van der Waals surface area contributed by atoms with E-state index in [-0.39, 0.29) is 47.0 Å². The van der Waals surface area contributed by atoms with Crippen LogP contribution in [0.4, 0.5) is 32.0 Å². The monoisotopic (exact) mass is 530 g/mol. The van der Waals surface area contributed by atoms with Gasteiger partial charge in [-0.25, -0.2) is 0 Å². The van der Waals surface area contributed by atoms with Crippen LogP contribution in [-0.2, 0) is 21.9 Å². The van der Waals surface area contributed by atoms with Crippen LogP contribution in [0.5, 0.6) is 0 Å². The molecule has 3 aliphatic carbocycles. The second-order valence-electron chi connectivity index (χ2n) is 12.1. The largest absolute Gasteiger partial charge is 0.418 e. The summed E-state index contributed by atoms with van der Waals surface area (Å²) in [5.41, 5.74) is -3.65. The molecule has 204 valence electrons. The topological polar surface area (TPSA) is 58.2 Å². The van der Waals surface area contributed by atoms with Crippen LogP contribution >= 0.6 is 0 Å². The molecule has 0 spiro atoms. The maximum absolute atomic E-state index is 13.7. The minimum atomic E-state index is -4.94. The van der Waals surface area contributed by atoms with Crippen LogP contribution in [0.1, 0.15) is 76.3 Å². The molecule has 7 atom stereocenters. The highest BCUT2D eigenvalue weighted by atomic mass is 19.4. The quantitative estimate of drug-likeness (QED) is 0.413. The van der Waals surface area contributed by atoms with Crippen LogP contribution in [0.3, 0.4) is 0 Å². The molecule has 37 heavy (non-hydrogen) atoms. The van der Waals surface area contributed by atoms with Crippen LogP contribution in [0.2, 0.25) is 0 Å². The maximum Gasteiger partial charge on any atom is 0.418 e. The average molecular weight is 531 g/mol. The van der Waals surface area contributed by atoms with Crippen molar-refractivity contribution in [2.75, 3.05) is 5.32 Å². The van der Waals surface area contributed by atoms with Gasteiger partial charge in [-0.1, -0.05) is 20.3 Å². The molecule has 1 aromatic rings. The Labute approximate surface area is 211 Å². The Kier molecular flexibility index (Phi) is 6.15. The van der Waals surface area contributed by atoms with Crippen molar-refractivity contribution >= 4 is 17.5 Å². The first-order chi connectivity index (χ1) is 17.1. The first-order valence-electron chi connectivity index (χ1n) is 13.0. The van der Waals surface area contributed by atoms with Gasteiger partial charge in [0.2, 0.25) is 11.8 Å². The summed E-state index contributed by atoms with van der Waals surface area (Å²) in [7, 11) is 0. The van der Waals surface area contributed by atoms with Gasteiger partial charge in [-0.05, 0) is 85.3 Å². The number of hydrogen-bond acceptors (Lipinski definition) is 2. The highest BCUT2D eigenvalue weighted by molar-refractivity contribution is 5.94. The summed E-state index contributed by atoms with van der Waals surface area (Å²) < 4.78 is 81.1. The Morgan fingerprint density at radius 2 is 1.73 bits per heavy atom. The van der Waals surface area contributed by atoms with Gasteiger partial charge in [0.15, 0.2) is 0 Å². The van der Waals surface area contributed by atoms with Crippen LogP contribution in [0.25, 0.3) is 0 Å². The lowest BCUT2D eigenvalue weighted by atomic mass is 9.45. The van der Waals surface area contributed by atoms with E-state index in [4.69, 9.17) is 0 Å². The standard InChI is InChI=1S/C27H32F6N2O2/c1-24-9-3-4-17(24)22-15(13-20-25(2,18(22)7-10-24)11-8-21(36)35-20)23(37)34-19-12-14(26(28,29)30)5-6-16(19)27(31,32)33/h5-6,12,15,17-18,20,22H,3-4,7-11,13H2,1-2H3,(H,34,37)(H,35,36)/t15?,17-,18+,20?,22-,24-,25+/m0/s1. The smallest absolute Gasteiger partial charge is 0.353 e. The Bertz CT molecular complexity index is 1100. The number of carbonyl (C=O) groups excluding carboxylic acids is 2. The zero-order valence-corrected chi connectivity index (χ0v) is 20.9. The number of anilines is 1. The van der Waals surface area contributed by atoms with E-state index < -0.39 is 41.0 Å². The van der Waals surface area contributed by atoms with E-state index in [2.05, 4.69) is 24.5 Å². The number of piperidine rings is 1. The van der Waals surface area contributed by atoms with Crippen molar-refractivity contribution in [1.29, 1.82) is 0 Å². The highest BCUT2D eigenvalue weighted by Crippen LogP contribution is 2.65. The molecule has 0 aromatic heterocycles. The summed E-state index contributed by atoms with van der Waals surface area (Å²) in [6.45, 7) is 4.37. The predicted octanol–water partition coefficient (Wildman–Crippen LogP) is 6.80. The number of nitrogens with one attached hydrogen (secondary N) is 2. The van der Waals surface area contributed by atoms with E-state index in [1.165, 1.54) is 0 Å². The van der Waals surface area contributed by atoms with E-state index in [0.717, 1.165) is 32.1 Å². The average Bonchev–Trinajstić information content (AvgIpc) is 3.19. The summed E-state index contributed by atoms with van der Waals surface area (Å²) in [5, 5.41) is 5.30. The van der Waals surface area contributed by atoms with Crippen molar-refractivity contribution in [3.8, 4) is 0 Å². The molecule has 2 N–H and O–H groups in total. The first kappa shape index (κ1) is 26.4. The van der Waals surface area contributed by atoms with Crippen molar-refractivity contribution in [1.82, 2.24) is 5.32 Å². The fourth-order valence-corrected chi connectivity index (χ4v) is 8.27. The SMILES string of the molecule is C[C@@]12CCC[C@H]1[C@@H]1C(C(=O)Nc3cc(C(F)(F)F)ccc3C(F)(F)F)CC3NC(=O)CC[C@]3(C)[C@@H]1CC2. The molecule has 1 saturated heterocycles. The van der Waals surface area contributed by atoms with Crippen molar-refractivity contribution in [2.45, 2.75) is 83.6 Å². The number of amides is 2. The van der Waals surface area contributed by atoms with Gasteiger partial charge in [0.25, 0.3) is 0 Å². The van der Waals surface area contributed by atoms with Gasteiger partial charge in [-0.15, -0.1) is 0 Å². The lowest BCUT2D eigenvalue weighted by molar-refractivity contribution is -0.151. The summed E-state index contributed by atoms with van der Waals surface area (Å²) in [6.07, 6.45) is -3.62. The number of halogens is 6. The molecule has 5 rings (SSSR count). The highest BCUT2D eigenvalue weighted by Gasteiger charge is 2.62.